The summed E-state index contributed by atoms with van der Waals surface area (Å²) in [6.45, 7) is -0.571. The van der Waals surface area contributed by atoms with E-state index in [4.69, 9.17) is 5.11 Å². The van der Waals surface area contributed by atoms with Gasteiger partial charge in [0.2, 0.25) is 5.91 Å². The van der Waals surface area contributed by atoms with Gasteiger partial charge in [-0.3, -0.25) is 14.5 Å². The Hall–Kier alpha value is -2.12. The summed E-state index contributed by atoms with van der Waals surface area (Å²) < 4.78 is 0. The molecule has 2 rings (SSSR count). The Morgan fingerprint density at radius 3 is 2.56 bits per heavy atom. The molecule has 0 spiro atoms. The van der Waals surface area contributed by atoms with Crippen LogP contribution in [0.25, 0.3) is 0 Å². The lowest BCUT2D eigenvalue weighted by Gasteiger charge is -2.16. The molecule has 0 bridgehead atoms. The lowest BCUT2D eigenvalue weighted by atomic mass is 10.2. The van der Waals surface area contributed by atoms with Crippen molar-refractivity contribution in [3.05, 3.63) is 0 Å². The van der Waals surface area contributed by atoms with Crippen LogP contribution < -0.4 is 10.6 Å². The quantitative estimate of drug-likeness (QED) is 0.518. The zero-order chi connectivity index (χ0) is 13.3. The van der Waals surface area contributed by atoms with Crippen LogP contribution in [0.2, 0.25) is 0 Å². The van der Waals surface area contributed by atoms with Gasteiger partial charge in [-0.15, -0.1) is 0 Å². The summed E-state index contributed by atoms with van der Waals surface area (Å²) >= 11 is 0. The van der Waals surface area contributed by atoms with E-state index in [1.807, 2.05) is 0 Å². The minimum Gasteiger partial charge on any atom is -0.480 e. The van der Waals surface area contributed by atoms with Crippen LogP contribution in [0.4, 0.5) is 4.79 Å². The molecule has 1 aliphatic heterocycles. The van der Waals surface area contributed by atoms with Crippen LogP contribution in [-0.2, 0) is 14.4 Å². The van der Waals surface area contributed by atoms with Crippen LogP contribution in [0, 0.1) is 5.92 Å². The molecule has 0 aromatic carbocycles. The predicted octanol–water partition coefficient (Wildman–Crippen LogP) is -1.48. The summed E-state index contributed by atoms with van der Waals surface area (Å²) in [5, 5.41) is 13.5. The van der Waals surface area contributed by atoms with E-state index in [2.05, 4.69) is 10.6 Å². The number of carbonyl (C=O) groups is 4. The molecule has 1 aliphatic carbocycles. The first kappa shape index (κ1) is 12.3. The van der Waals surface area contributed by atoms with Crippen LogP contribution in [0.1, 0.15) is 12.8 Å². The number of urea groups is 1. The third-order valence-electron chi connectivity index (χ3n) is 2.91. The Labute approximate surface area is 102 Å². The zero-order valence-corrected chi connectivity index (χ0v) is 9.51. The van der Waals surface area contributed by atoms with Gasteiger partial charge in [0.15, 0.2) is 0 Å². The Morgan fingerprint density at radius 2 is 2.11 bits per heavy atom. The number of carboxylic acids is 1. The maximum absolute atomic E-state index is 11.6. The van der Waals surface area contributed by atoms with E-state index in [1.165, 1.54) is 0 Å². The van der Waals surface area contributed by atoms with Gasteiger partial charge < -0.3 is 15.7 Å². The lowest BCUT2D eigenvalue weighted by Crippen LogP contribution is -2.48. The first-order chi connectivity index (χ1) is 8.49. The number of amides is 4. The first-order valence-electron chi connectivity index (χ1n) is 5.59. The lowest BCUT2D eigenvalue weighted by molar-refractivity contribution is -0.142. The molecule has 2 aliphatic rings. The van der Waals surface area contributed by atoms with Gasteiger partial charge in [-0.2, -0.15) is 0 Å². The fraction of sp³-hybridized carbons (Fsp3) is 0.600. The van der Waals surface area contributed by atoms with Crippen LogP contribution in [0.5, 0.6) is 0 Å². The first-order valence-corrected chi connectivity index (χ1v) is 5.59. The minimum absolute atomic E-state index is 0.0467. The molecule has 4 amide bonds. The molecular weight excluding hydrogens is 242 g/mol. The Kier molecular flexibility index (Phi) is 3.17. The Morgan fingerprint density at radius 1 is 1.44 bits per heavy atom. The molecular formula is C10H13N3O5. The van der Waals surface area contributed by atoms with Crippen LogP contribution >= 0.6 is 0 Å². The molecule has 98 valence electrons. The number of hydrogen-bond donors (Lipinski definition) is 3. The molecule has 1 unspecified atom stereocenters. The Bertz CT molecular complexity index is 402. The van der Waals surface area contributed by atoms with E-state index in [9.17, 15) is 19.2 Å². The summed E-state index contributed by atoms with van der Waals surface area (Å²) in [6, 6.07) is -1.56. The van der Waals surface area contributed by atoms with Gasteiger partial charge in [0, 0.05) is 0 Å². The molecule has 1 saturated carbocycles. The van der Waals surface area contributed by atoms with Crippen LogP contribution in [0.3, 0.4) is 0 Å². The predicted molar refractivity (Wildman–Crippen MR) is 57.4 cm³/mol. The largest absolute Gasteiger partial charge is 0.480 e. The van der Waals surface area contributed by atoms with Crippen molar-refractivity contribution < 1.29 is 24.3 Å². The number of imide groups is 1. The number of carboxylic acid groups (broad SMARTS) is 1. The highest BCUT2D eigenvalue weighted by atomic mass is 16.4. The van der Waals surface area contributed by atoms with Gasteiger partial charge >= 0.3 is 12.0 Å². The average Bonchev–Trinajstić information content (AvgIpc) is 3.08. The van der Waals surface area contributed by atoms with Crippen LogP contribution in [0.15, 0.2) is 0 Å². The highest BCUT2D eigenvalue weighted by Crippen LogP contribution is 2.32. The van der Waals surface area contributed by atoms with Crippen molar-refractivity contribution in [2.24, 2.45) is 5.92 Å². The highest BCUT2D eigenvalue weighted by molar-refractivity contribution is 6.04. The third kappa shape index (κ3) is 2.58. The van der Waals surface area contributed by atoms with E-state index in [0.717, 1.165) is 17.7 Å². The van der Waals surface area contributed by atoms with Gasteiger partial charge in [0.05, 0.1) is 6.54 Å². The normalized spacial score (nSPS) is 20.6. The van der Waals surface area contributed by atoms with Gasteiger partial charge in [0.25, 0.3) is 5.91 Å². The van der Waals surface area contributed by atoms with Crippen LogP contribution in [-0.4, -0.2) is 53.0 Å². The molecule has 1 atom stereocenters. The average molecular weight is 255 g/mol. The second kappa shape index (κ2) is 4.63. The summed E-state index contributed by atoms with van der Waals surface area (Å²) in [5.74, 6) is -2.27. The van der Waals surface area contributed by atoms with Gasteiger partial charge in [-0.1, -0.05) is 0 Å². The van der Waals surface area contributed by atoms with E-state index < -0.39 is 36.4 Å². The van der Waals surface area contributed by atoms with Crippen molar-refractivity contribution >= 4 is 23.8 Å². The highest BCUT2D eigenvalue weighted by Gasteiger charge is 2.38. The molecule has 0 aromatic heterocycles. The van der Waals surface area contributed by atoms with E-state index in [-0.39, 0.29) is 12.5 Å². The topological polar surface area (TPSA) is 116 Å². The van der Waals surface area contributed by atoms with Crippen molar-refractivity contribution in [2.45, 2.75) is 18.9 Å². The van der Waals surface area contributed by atoms with Gasteiger partial charge in [0.1, 0.15) is 12.6 Å². The van der Waals surface area contributed by atoms with Crippen molar-refractivity contribution in [1.29, 1.82) is 0 Å². The van der Waals surface area contributed by atoms with Gasteiger partial charge in [-0.25, -0.2) is 9.59 Å². The number of rotatable bonds is 5. The zero-order valence-electron chi connectivity index (χ0n) is 9.51. The molecule has 3 N–H and O–H groups in total. The maximum Gasteiger partial charge on any atom is 0.326 e. The smallest absolute Gasteiger partial charge is 0.326 e. The summed E-state index contributed by atoms with van der Waals surface area (Å²) in [4.78, 5) is 45.7. The van der Waals surface area contributed by atoms with Gasteiger partial charge in [-0.05, 0) is 18.8 Å². The fourth-order valence-corrected chi connectivity index (χ4v) is 1.79. The SMILES string of the molecule is O=C(CN1C(=O)CNC1=O)NC(C(=O)O)C1CC1. The van der Waals surface area contributed by atoms with E-state index >= 15 is 0 Å². The molecule has 1 heterocycles. The standard InChI is InChI=1S/C10H13N3O5/c14-6(4-13-7(15)3-11-10(13)18)12-8(9(16)17)5-1-2-5/h5,8H,1-4H2,(H,11,18)(H,12,14)(H,16,17). The Balaban J connectivity index is 1.89. The van der Waals surface area contributed by atoms with Crippen molar-refractivity contribution in [3.63, 3.8) is 0 Å². The second-order valence-corrected chi connectivity index (χ2v) is 4.36. The number of nitrogens with one attached hydrogen (secondary N) is 2. The molecule has 2 fully saturated rings. The number of carbonyl (C=O) groups excluding carboxylic acids is 3. The number of nitrogens with zero attached hydrogens (tertiary/aromatic N) is 1. The summed E-state index contributed by atoms with van der Waals surface area (Å²) in [6.07, 6.45) is 1.53. The summed E-state index contributed by atoms with van der Waals surface area (Å²) in [7, 11) is 0. The molecule has 18 heavy (non-hydrogen) atoms. The molecule has 1 saturated heterocycles. The fourth-order valence-electron chi connectivity index (χ4n) is 1.79. The summed E-state index contributed by atoms with van der Waals surface area (Å²) in [5.41, 5.74) is 0. The van der Waals surface area contributed by atoms with Crippen molar-refractivity contribution in [1.82, 2.24) is 15.5 Å². The van der Waals surface area contributed by atoms with Crippen molar-refractivity contribution in [2.75, 3.05) is 13.1 Å². The number of hydrogen-bond acceptors (Lipinski definition) is 4. The molecule has 0 aromatic rings. The minimum atomic E-state index is -1.09. The second-order valence-electron chi connectivity index (χ2n) is 4.36. The monoisotopic (exact) mass is 255 g/mol. The van der Waals surface area contributed by atoms with E-state index in [1.54, 1.807) is 0 Å². The molecule has 8 heteroatoms. The molecule has 0 radical (unpaired) electrons. The van der Waals surface area contributed by atoms with Crippen molar-refractivity contribution in [3.8, 4) is 0 Å². The number of aliphatic carboxylic acids is 1. The van der Waals surface area contributed by atoms with E-state index in [0.29, 0.717) is 0 Å². The third-order valence-corrected chi connectivity index (χ3v) is 2.91. The molecule has 8 nitrogen and oxygen atoms in total. The maximum atomic E-state index is 11.6.